The van der Waals surface area contributed by atoms with E-state index in [0.717, 1.165) is 12.0 Å². The van der Waals surface area contributed by atoms with Crippen LogP contribution in [0.3, 0.4) is 0 Å². The Morgan fingerprint density at radius 1 is 1.27 bits per heavy atom. The molecule has 15 heavy (non-hydrogen) atoms. The minimum absolute atomic E-state index is 0.00582. The third-order valence-electron chi connectivity index (χ3n) is 2.91. The summed E-state index contributed by atoms with van der Waals surface area (Å²) in [6.45, 7) is 5.88. The van der Waals surface area contributed by atoms with Gasteiger partial charge in [0.15, 0.2) is 5.78 Å². The predicted octanol–water partition coefficient (Wildman–Crippen LogP) is 2.79. The van der Waals surface area contributed by atoms with E-state index in [0.29, 0.717) is 5.92 Å². The third-order valence-corrected chi connectivity index (χ3v) is 2.91. The Bertz CT molecular complexity index is 329. The van der Waals surface area contributed by atoms with Crippen molar-refractivity contribution in [1.82, 2.24) is 0 Å². The lowest BCUT2D eigenvalue weighted by Gasteiger charge is -2.12. The number of rotatable bonds is 4. The summed E-state index contributed by atoms with van der Waals surface area (Å²) in [5, 5.41) is 0. The second-order valence-corrected chi connectivity index (χ2v) is 4.06. The Balaban J connectivity index is 2.85. The lowest BCUT2D eigenvalue weighted by atomic mass is 9.95. The fraction of sp³-hybridized carbons (Fsp3) is 0.462. The number of Topliss-reactive ketones (excluding diaryl/α,β-unsaturated/α-hetero) is 1. The summed E-state index contributed by atoms with van der Waals surface area (Å²) in [4.78, 5) is 11.1. The van der Waals surface area contributed by atoms with Gasteiger partial charge in [0.25, 0.3) is 0 Å². The van der Waals surface area contributed by atoms with Gasteiger partial charge in [-0.1, -0.05) is 38.1 Å². The van der Waals surface area contributed by atoms with Crippen molar-refractivity contribution in [2.24, 2.45) is 5.73 Å². The summed E-state index contributed by atoms with van der Waals surface area (Å²) in [5.41, 5.74) is 7.95. The molecule has 0 saturated heterocycles. The van der Waals surface area contributed by atoms with Crippen molar-refractivity contribution < 1.29 is 4.79 Å². The van der Waals surface area contributed by atoms with Crippen molar-refractivity contribution in [3.05, 3.63) is 35.4 Å². The molecule has 2 atom stereocenters. The third kappa shape index (κ3) is 2.90. The van der Waals surface area contributed by atoms with Crippen LogP contribution in [0.25, 0.3) is 0 Å². The molecule has 0 spiro atoms. The summed E-state index contributed by atoms with van der Waals surface area (Å²) < 4.78 is 0. The topological polar surface area (TPSA) is 43.1 Å². The van der Waals surface area contributed by atoms with E-state index in [1.165, 1.54) is 12.5 Å². The molecular formula is C13H19NO. The molecule has 2 heteroatoms. The average molecular weight is 205 g/mol. The van der Waals surface area contributed by atoms with Crippen molar-refractivity contribution in [2.75, 3.05) is 0 Å². The first-order valence-corrected chi connectivity index (χ1v) is 5.42. The summed E-state index contributed by atoms with van der Waals surface area (Å²) in [6.07, 6.45) is 1.12. The van der Waals surface area contributed by atoms with Crippen LogP contribution in [0.15, 0.2) is 24.3 Å². The van der Waals surface area contributed by atoms with Crippen LogP contribution in [0, 0.1) is 0 Å². The molecule has 0 saturated carbocycles. The SMILES string of the molecule is CCC(C)c1ccc(C(N)C(C)=O)cc1. The first kappa shape index (κ1) is 11.9. The first-order valence-electron chi connectivity index (χ1n) is 5.42. The Hall–Kier alpha value is -1.15. The molecule has 0 aliphatic rings. The molecule has 0 heterocycles. The van der Waals surface area contributed by atoms with E-state index in [1.54, 1.807) is 0 Å². The van der Waals surface area contributed by atoms with Crippen molar-refractivity contribution >= 4 is 5.78 Å². The van der Waals surface area contributed by atoms with Crippen molar-refractivity contribution in [1.29, 1.82) is 0 Å². The smallest absolute Gasteiger partial charge is 0.150 e. The Kier molecular flexibility index (Phi) is 4.04. The summed E-state index contributed by atoms with van der Waals surface area (Å²) in [5.74, 6) is 0.568. The van der Waals surface area contributed by atoms with Crippen molar-refractivity contribution in [2.45, 2.75) is 39.2 Å². The van der Waals surface area contributed by atoms with E-state index in [4.69, 9.17) is 5.73 Å². The maximum absolute atomic E-state index is 11.1. The number of benzene rings is 1. The first-order chi connectivity index (χ1) is 7.06. The van der Waals surface area contributed by atoms with Gasteiger partial charge in [-0.2, -0.15) is 0 Å². The van der Waals surface area contributed by atoms with Gasteiger partial charge in [0.1, 0.15) is 0 Å². The molecule has 1 aromatic rings. The number of hydrogen-bond donors (Lipinski definition) is 1. The van der Waals surface area contributed by atoms with Crippen LogP contribution in [0.2, 0.25) is 0 Å². The Morgan fingerprint density at radius 3 is 2.13 bits per heavy atom. The van der Waals surface area contributed by atoms with Crippen molar-refractivity contribution in [3.8, 4) is 0 Å². The van der Waals surface area contributed by atoms with E-state index >= 15 is 0 Å². The average Bonchev–Trinajstić information content (AvgIpc) is 2.27. The molecule has 0 fully saturated rings. The number of carbonyl (C=O) groups excluding carboxylic acids is 1. The molecule has 2 N–H and O–H groups in total. The lowest BCUT2D eigenvalue weighted by molar-refractivity contribution is -0.118. The van der Waals surface area contributed by atoms with Gasteiger partial charge >= 0.3 is 0 Å². The maximum atomic E-state index is 11.1. The lowest BCUT2D eigenvalue weighted by Crippen LogP contribution is -2.18. The predicted molar refractivity (Wildman–Crippen MR) is 62.8 cm³/mol. The van der Waals surface area contributed by atoms with Crippen LogP contribution in [0.1, 0.15) is 50.3 Å². The van der Waals surface area contributed by atoms with Crippen LogP contribution >= 0.6 is 0 Å². The van der Waals surface area contributed by atoms with Crippen LogP contribution in [-0.4, -0.2) is 5.78 Å². The molecule has 82 valence electrons. The molecule has 0 aromatic heterocycles. The van der Waals surface area contributed by atoms with Gasteiger partial charge < -0.3 is 5.73 Å². The van der Waals surface area contributed by atoms with Crippen LogP contribution in [0.5, 0.6) is 0 Å². The minimum atomic E-state index is -0.476. The van der Waals surface area contributed by atoms with E-state index in [2.05, 4.69) is 26.0 Å². The van der Waals surface area contributed by atoms with Gasteiger partial charge in [-0.3, -0.25) is 4.79 Å². The minimum Gasteiger partial charge on any atom is -0.318 e. The van der Waals surface area contributed by atoms with Crippen LogP contribution < -0.4 is 5.73 Å². The van der Waals surface area contributed by atoms with Crippen molar-refractivity contribution in [3.63, 3.8) is 0 Å². The summed E-state index contributed by atoms with van der Waals surface area (Å²) in [7, 11) is 0. The van der Waals surface area contributed by atoms with Gasteiger partial charge in [0, 0.05) is 0 Å². The van der Waals surface area contributed by atoms with E-state index < -0.39 is 6.04 Å². The second-order valence-electron chi connectivity index (χ2n) is 4.06. The van der Waals surface area contributed by atoms with E-state index in [1.807, 2.05) is 12.1 Å². The van der Waals surface area contributed by atoms with Gasteiger partial charge in [-0.15, -0.1) is 0 Å². The molecule has 2 unspecified atom stereocenters. The molecule has 0 amide bonds. The number of nitrogens with two attached hydrogens (primary N) is 1. The molecule has 2 nitrogen and oxygen atoms in total. The molecule has 0 aliphatic carbocycles. The zero-order valence-corrected chi connectivity index (χ0v) is 9.66. The number of ketones is 1. The van der Waals surface area contributed by atoms with Gasteiger partial charge in [0.2, 0.25) is 0 Å². The standard InChI is InChI=1S/C13H19NO/c1-4-9(2)11-5-7-12(8-6-11)13(14)10(3)15/h5-9,13H,4,14H2,1-3H3. The molecule has 0 bridgehead atoms. The maximum Gasteiger partial charge on any atom is 0.150 e. The zero-order valence-electron chi connectivity index (χ0n) is 9.66. The molecule has 1 aromatic carbocycles. The number of carbonyl (C=O) groups is 1. The van der Waals surface area contributed by atoms with Gasteiger partial charge in [-0.05, 0) is 30.4 Å². The molecular weight excluding hydrogens is 186 g/mol. The summed E-state index contributed by atoms with van der Waals surface area (Å²) in [6, 6.07) is 7.55. The molecule has 0 radical (unpaired) electrons. The largest absolute Gasteiger partial charge is 0.318 e. The fourth-order valence-electron chi connectivity index (χ4n) is 1.50. The zero-order chi connectivity index (χ0) is 11.4. The number of hydrogen-bond acceptors (Lipinski definition) is 2. The highest BCUT2D eigenvalue weighted by Crippen LogP contribution is 2.20. The highest BCUT2D eigenvalue weighted by Gasteiger charge is 2.11. The molecule has 1 rings (SSSR count). The Labute approximate surface area is 91.5 Å². The second kappa shape index (κ2) is 5.08. The quantitative estimate of drug-likeness (QED) is 0.821. The van der Waals surface area contributed by atoms with Crippen LogP contribution in [-0.2, 0) is 4.79 Å². The summed E-state index contributed by atoms with van der Waals surface area (Å²) >= 11 is 0. The highest BCUT2D eigenvalue weighted by atomic mass is 16.1. The van der Waals surface area contributed by atoms with E-state index in [9.17, 15) is 4.79 Å². The fourth-order valence-corrected chi connectivity index (χ4v) is 1.50. The van der Waals surface area contributed by atoms with E-state index in [-0.39, 0.29) is 5.78 Å². The monoisotopic (exact) mass is 205 g/mol. The molecule has 0 aliphatic heterocycles. The Morgan fingerprint density at radius 2 is 1.73 bits per heavy atom. The van der Waals surface area contributed by atoms with Gasteiger partial charge in [-0.25, -0.2) is 0 Å². The highest BCUT2D eigenvalue weighted by molar-refractivity contribution is 5.82. The van der Waals surface area contributed by atoms with Gasteiger partial charge in [0.05, 0.1) is 6.04 Å². The normalized spacial score (nSPS) is 14.7. The van der Waals surface area contributed by atoms with Crippen LogP contribution in [0.4, 0.5) is 0 Å².